The summed E-state index contributed by atoms with van der Waals surface area (Å²) in [5, 5.41) is 2.28. The van der Waals surface area contributed by atoms with E-state index in [1.165, 1.54) is 4.90 Å². The van der Waals surface area contributed by atoms with Gasteiger partial charge in [-0.05, 0) is 31.2 Å². The number of pyridine rings is 1. The smallest absolute Gasteiger partial charge is 0.324 e. The van der Waals surface area contributed by atoms with Gasteiger partial charge in [0.05, 0.1) is 18.8 Å². The molecule has 3 aliphatic rings. The highest BCUT2D eigenvalue weighted by Crippen LogP contribution is 2.23. The Balaban J connectivity index is 1.22. The number of piperidine rings is 2. The number of hydrogen-bond donors (Lipinski definition) is 1. The molecule has 4 rings (SSSR count). The van der Waals surface area contributed by atoms with Crippen molar-refractivity contribution in [3.63, 3.8) is 0 Å². The van der Waals surface area contributed by atoms with Crippen molar-refractivity contribution in [1.29, 1.82) is 0 Å². The number of hydrogen-bond acceptors (Lipinski definition) is 6. The lowest BCUT2D eigenvalue weighted by atomic mass is 10.0. The Kier molecular flexibility index (Phi) is 9.14. The van der Waals surface area contributed by atoms with Crippen LogP contribution in [0.4, 0.5) is 9.18 Å². The van der Waals surface area contributed by atoms with Gasteiger partial charge in [0.25, 0.3) is 5.56 Å². The van der Waals surface area contributed by atoms with Crippen molar-refractivity contribution in [2.45, 2.75) is 71.0 Å². The summed E-state index contributed by atoms with van der Waals surface area (Å²) in [6.07, 6.45) is 3.30. The lowest BCUT2D eigenvalue weighted by molar-refractivity contribution is -0.121. The maximum Gasteiger partial charge on any atom is 0.324 e. The standard InChI is InChI=1S/C26H40FN5O4/c1-19(2)16-29-10-5-21(6-11-29)36-23-7-12-30(18-22(23)27)14-15-31-9-3-4-20(25(31)34)17-32-13-8-24(33)28-26(32)35/h3-4,9,19,21-23H,5-8,10-18H2,1-2H3,(H,28,33,35). The third kappa shape index (κ3) is 7.14. The summed E-state index contributed by atoms with van der Waals surface area (Å²) in [6.45, 7) is 10.1. The van der Waals surface area contributed by atoms with E-state index in [2.05, 4.69) is 29.0 Å². The number of urea groups is 1. The molecule has 0 aliphatic carbocycles. The summed E-state index contributed by atoms with van der Waals surface area (Å²) in [7, 11) is 0. The van der Waals surface area contributed by atoms with Gasteiger partial charge in [0.15, 0.2) is 0 Å². The SMILES string of the molecule is CC(C)CN1CCC(OC2CCN(CCn3cccc(CN4CCC(=O)NC4=O)c3=O)CC2F)CC1. The van der Waals surface area contributed by atoms with Crippen LogP contribution in [0.25, 0.3) is 0 Å². The first-order valence-corrected chi connectivity index (χ1v) is 13.3. The van der Waals surface area contributed by atoms with Gasteiger partial charge in [0.2, 0.25) is 5.91 Å². The van der Waals surface area contributed by atoms with Gasteiger partial charge >= 0.3 is 6.03 Å². The Morgan fingerprint density at radius 3 is 2.50 bits per heavy atom. The summed E-state index contributed by atoms with van der Waals surface area (Å²) < 4.78 is 22.8. The van der Waals surface area contributed by atoms with Crippen molar-refractivity contribution in [2.75, 3.05) is 45.8 Å². The second-order valence-corrected chi connectivity index (χ2v) is 10.7. The van der Waals surface area contributed by atoms with Crippen LogP contribution in [0.5, 0.6) is 0 Å². The molecular weight excluding hydrogens is 465 g/mol. The van der Waals surface area contributed by atoms with Gasteiger partial charge in [0.1, 0.15) is 6.17 Å². The molecule has 3 fully saturated rings. The molecule has 4 heterocycles. The third-order valence-corrected chi connectivity index (χ3v) is 7.35. The van der Waals surface area contributed by atoms with E-state index in [4.69, 9.17) is 4.74 Å². The molecule has 1 aromatic rings. The van der Waals surface area contributed by atoms with Crippen LogP contribution < -0.4 is 10.9 Å². The second-order valence-electron chi connectivity index (χ2n) is 10.7. The van der Waals surface area contributed by atoms with Crippen molar-refractivity contribution in [2.24, 2.45) is 5.92 Å². The summed E-state index contributed by atoms with van der Waals surface area (Å²) in [5.41, 5.74) is 0.331. The number of amides is 3. The van der Waals surface area contributed by atoms with Crippen molar-refractivity contribution >= 4 is 11.9 Å². The van der Waals surface area contributed by atoms with Crippen LogP contribution in [0.1, 0.15) is 45.1 Å². The average molecular weight is 506 g/mol. The number of carbonyl (C=O) groups excluding carboxylic acids is 2. The Morgan fingerprint density at radius 2 is 1.81 bits per heavy atom. The zero-order chi connectivity index (χ0) is 25.7. The first kappa shape index (κ1) is 26.8. The maximum absolute atomic E-state index is 15.0. The zero-order valence-electron chi connectivity index (χ0n) is 21.5. The molecule has 200 valence electrons. The largest absolute Gasteiger partial charge is 0.372 e. The fourth-order valence-corrected chi connectivity index (χ4v) is 5.38. The lowest BCUT2D eigenvalue weighted by Gasteiger charge is -2.39. The Labute approximate surface area is 212 Å². The van der Waals surface area contributed by atoms with E-state index < -0.39 is 12.2 Å². The number of nitrogens with one attached hydrogen (secondary N) is 1. The monoisotopic (exact) mass is 505 g/mol. The number of likely N-dealkylation sites (tertiary alicyclic amines) is 2. The predicted molar refractivity (Wildman–Crippen MR) is 134 cm³/mol. The number of imide groups is 1. The van der Waals surface area contributed by atoms with Crippen LogP contribution in [0, 0.1) is 5.92 Å². The molecule has 0 spiro atoms. The lowest BCUT2D eigenvalue weighted by Crippen LogP contribution is -2.50. The first-order valence-electron chi connectivity index (χ1n) is 13.3. The highest BCUT2D eigenvalue weighted by atomic mass is 19.1. The molecule has 2 unspecified atom stereocenters. The van der Waals surface area contributed by atoms with Crippen molar-refractivity contribution < 1.29 is 18.7 Å². The molecule has 3 aliphatic heterocycles. The molecule has 0 saturated carbocycles. The number of alkyl halides is 1. The number of ether oxygens (including phenoxy) is 1. The van der Waals surface area contributed by atoms with Gasteiger partial charge in [-0.1, -0.05) is 19.9 Å². The van der Waals surface area contributed by atoms with Gasteiger partial charge in [0, 0.05) is 70.5 Å². The van der Waals surface area contributed by atoms with Gasteiger partial charge < -0.3 is 19.1 Å². The van der Waals surface area contributed by atoms with Crippen LogP contribution in [0.3, 0.4) is 0 Å². The Bertz CT molecular complexity index is 962. The molecule has 0 bridgehead atoms. The van der Waals surface area contributed by atoms with E-state index in [1.807, 2.05) is 0 Å². The van der Waals surface area contributed by atoms with Crippen LogP contribution in [-0.4, -0.2) is 95.4 Å². The molecular formula is C26H40FN5O4. The number of rotatable bonds is 9. The minimum absolute atomic E-state index is 0.143. The molecule has 1 N–H and O–H groups in total. The van der Waals surface area contributed by atoms with Crippen LogP contribution in [0.2, 0.25) is 0 Å². The van der Waals surface area contributed by atoms with Crippen molar-refractivity contribution in [3.05, 3.63) is 34.2 Å². The fourth-order valence-electron chi connectivity index (χ4n) is 5.38. The van der Waals surface area contributed by atoms with Crippen LogP contribution in [-0.2, 0) is 22.6 Å². The van der Waals surface area contributed by atoms with Gasteiger partial charge in [-0.15, -0.1) is 0 Å². The molecule has 2 atom stereocenters. The van der Waals surface area contributed by atoms with Crippen LogP contribution in [0.15, 0.2) is 23.1 Å². The summed E-state index contributed by atoms with van der Waals surface area (Å²) >= 11 is 0. The highest BCUT2D eigenvalue weighted by molar-refractivity contribution is 5.96. The van der Waals surface area contributed by atoms with E-state index in [9.17, 15) is 18.8 Å². The van der Waals surface area contributed by atoms with Crippen molar-refractivity contribution in [1.82, 2.24) is 24.6 Å². The number of halogens is 1. The minimum atomic E-state index is -1.03. The van der Waals surface area contributed by atoms with Crippen molar-refractivity contribution in [3.8, 4) is 0 Å². The molecule has 0 aromatic carbocycles. The summed E-state index contributed by atoms with van der Waals surface area (Å²) in [5.74, 6) is 0.359. The second kappa shape index (κ2) is 12.3. The normalized spacial score (nSPS) is 24.9. The molecule has 1 aromatic heterocycles. The first-order chi connectivity index (χ1) is 17.3. The summed E-state index contributed by atoms with van der Waals surface area (Å²) in [4.78, 5) is 42.3. The minimum Gasteiger partial charge on any atom is -0.372 e. The topological polar surface area (TPSA) is 87.1 Å². The number of nitrogens with zero attached hydrogens (tertiary/aromatic N) is 4. The van der Waals surface area contributed by atoms with E-state index in [0.717, 1.165) is 39.0 Å². The average Bonchev–Trinajstić information content (AvgIpc) is 2.83. The summed E-state index contributed by atoms with van der Waals surface area (Å²) in [6, 6.07) is 3.02. The molecule has 9 nitrogen and oxygen atoms in total. The van der Waals surface area contributed by atoms with E-state index in [-0.39, 0.29) is 36.6 Å². The molecule has 10 heteroatoms. The fraction of sp³-hybridized carbons (Fsp3) is 0.731. The molecule has 3 saturated heterocycles. The van der Waals surface area contributed by atoms with Crippen LogP contribution >= 0.6 is 0 Å². The van der Waals surface area contributed by atoms with Gasteiger partial charge in [-0.3, -0.25) is 19.8 Å². The quantitative estimate of drug-likeness (QED) is 0.551. The Morgan fingerprint density at radius 1 is 1.06 bits per heavy atom. The van der Waals surface area contributed by atoms with Gasteiger partial charge in [-0.2, -0.15) is 0 Å². The highest BCUT2D eigenvalue weighted by Gasteiger charge is 2.33. The predicted octanol–water partition coefficient (Wildman–Crippen LogP) is 1.84. The third-order valence-electron chi connectivity index (χ3n) is 7.35. The van der Waals surface area contributed by atoms with E-state index >= 15 is 0 Å². The number of aromatic nitrogens is 1. The van der Waals surface area contributed by atoms with E-state index in [1.54, 1.807) is 22.9 Å². The van der Waals surface area contributed by atoms with Gasteiger partial charge in [-0.25, -0.2) is 9.18 Å². The number of carbonyl (C=O) groups is 2. The molecule has 36 heavy (non-hydrogen) atoms. The maximum atomic E-state index is 15.0. The molecule has 0 radical (unpaired) electrons. The molecule has 3 amide bonds. The zero-order valence-corrected chi connectivity index (χ0v) is 21.5. The Hall–Kier alpha value is -2.30. The van der Waals surface area contributed by atoms with E-state index in [0.29, 0.717) is 44.1 Å².